The summed E-state index contributed by atoms with van der Waals surface area (Å²) in [7, 11) is 0. The zero-order valence-electron chi connectivity index (χ0n) is 9.83. The zero-order chi connectivity index (χ0) is 11.3. The maximum Gasteiger partial charge on any atom is 0.126 e. The van der Waals surface area contributed by atoms with E-state index in [-0.39, 0.29) is 0 Å². The smallest absolute Gasteiger partial charge is 0.126 e. The van der Waals surface area contributed by atoms with Gasteiger partial charge in [-0.2, -0.15) is 0 Å². The Labute approximate surface area is 92.1 Å². The van der Waals surface area contributed by atoms with Gasteiger partial charge in [-0.05, 0) is 43.5 Å². The van der Waals surface area contributed by atoms with E-state index < -0.39 is 0 Å². The van der Waals surface area contributed by atoms with Crippen LogP contribution in [0.1, 0.15) is 25.8 Å². The molecule has 0 radical (unpaired) electrons. The first-order valence-electron chi connectivity index (χ1n) is 5.52. The topological polar surface area (TPSA) is 50.9 Å². The van der Waals surface area contributed by atoms with E-state index in [1.165, 1.54) is 5.56 Å². The fourth-order valence-electron chi connectivity index (χ4n) is 1.56. The Kier molecular flexibility index (Phi) is 4.56. The van der Waals surface area contributed by atoms with Crippen molar-refractivity contribution in [1.82, 2.24) is 4.98 Å². The molecule has 1 aromatic heterocycles. The summed E-state index contributed by atoms with van der Waals surface area (Å²) in [5, 5.41) is 3.43. The molecular weight excluding hydrogens is 186 g/mol. The number of rotatable bonds is 5. The van der Waals surface area contributed by atoms with Crippen molar-refractivity contribution in [3.63, 3.8) is 0 Å². The van der Waals surface area contributed by atoms with Gasteiger partial charge < -0.3 is 11.1 Å². The monoisotopic (exact) mass is 207 g/mol. The standard InChI is InChI=1S/C12H21N3/c1-9(2)11(4-6-13)15-12-8-10(3)5-7-14-12/h5,7-9,11H,4,6,13H2,1-3H3,(H,14,15). The molecule has 0 saturated carbocycles. The Morgan fingerprint density at radius 2 is 2.20 bits per heavy atom. The summed E-state index contributed by atoms with van der Waals surface area (Å²) < 4.78 is 0. The first-order valence-corrected chi connectivity index (χ1v) is 5.52. The molecule has 0 aliphatic carbocycles. The molecule has 1 unspecified atom stereocenters. The molecule has 0 saturated heterocycles. The third kappa shape index (κ3) is 3.88. The first-order chi connectivity index (χ1) is 7.13. The maximum absolute atomic E-state index is 5.59. The normalized spacial score (nSPS) is 12.9. The lowest BCUT2D eigenvalue weighted by Crippen LogP contribution is -2.28. The SMILES string of the molecule is Cc1ccnc(NC(CCN)C(C)C)c1. The van der Waals surface area contributed by atoms with Gasteiger partial charge in [0.15, 0.2) is 0 Å². The highest BCUT2D eigenvalue weighted by atomic mass is 15.0. The molecule has 0 aliphatic heterocycles. The second-order valence-corrected chi connectivity index (χ2v) is 4.29. The largest absolute Gasteiger partial charge is 0.367 e. The molecule has 15 heavy (non-hydrogen) atoms. The van der Waals surface area contributed by atoms with Crippen molar-refractivity contribution in [2.75, 3.05) is 11.9 Å². The number of nitrogens with two attached hydrogens (primary N) is 1. The van der Waals surface area contributed by atoms with Crippen molar-refractivity contribution < 1.29 is 0 Å². The highest BCUT2D eigenvalue weighted by Gasteiger charge is 2.12. The number of nitrogens with zero attached hydrogens (tertiary/aromatic N) is 1. The van der Waals surface area contributed by atoms with Crippen molar-refractivity contribution in [3.8, 4) is 0 Å². The summed E-state index contributed by atoms with van der Waals surface area (Å²) in [6, 6.07) is 4.47. The van der Waals surface area contributed by atoms with Crippen molar-refractivity contribution in [2.24, 2.45) is 11.7 Å². The summed E-state index contributed by atoms with van der Waals surface area (Å²) >= 11 is 0. The van der Waals surface area contributed by atoms with Crippen LogP contribution in [0.15, 0.2) is 18.3 Å². The minimum atomic E-state index is 0.407. The van der Waals surface area contributed by atoms with Crippen molar-refractivity contribution in [3.05, 3.63) is 23.9 Å². The van der Waals surface area contributed by atoms with Crippen LogP contribution in [0.4, 0.5) is 5.82 Å². The van der Waals surface area contributed by atoms with Crippen LogP contribution in [-0.4, -0.2) is 17.6 Å². The molecule has 0 aliphatic rings. The Morgan fingerprint density at radius 1 is 1.47 bits per heavy atom. The number of nitrogens with one attached hydrogen (secondary N) is 1. The van der Waals surface area contributed by atoms with Crippen molar-refractivity contribution in [2.45, 2.75) is 33.2 Å². The lowest BCUT2D eigenvalue weighted by Gasteiger charge is -2.22. The number of hydrogen-bond acceptors (Lipinski definition) is 3. The summed E-state index contributed by atoms with van der Waals surface area (Å²) in [5.41, 5.74) is 6.82. The molecule has 3 heteroatoms. The molecule has 1 aromatic rings. The highest BCUT2D eigenvalue weighted by Crippen LogP contribution is 2.13. The van der Waals surface area contributed by atoms with Gasteiger partial charge in [0, 0.05) is 12.2 Å². The molecule has 0 bridgehead atoms. The Balaban J connectivity index is 2.65. The minimum Gasteiger partial charge on any atom is -0.367 e. The predicted octanol–water partition coefficient (Wildman–Crippen LogP) is 2.18. The molecule has 84 valence electrons. The van der Waals surface area contributed by atoms with Gasteiger partial charge in [-0.1, -0.05) is 13.8 Å². The van der Waals surface area contributed by atoms with Crippen molar-refractivity contribution >= 4 is 5.82 Å². The number of aromatic nitrogens is 1. The number of aryl methyl sites for hydroxylation is 1. The van der Waals surface area contributed by atoms with Crippen LogP contribution in [0.25, 0.3) is 0 Å². The Morgan fingerprint density at radius 3 is 2.73 bits per heavy atom. The van der Waals surface area contributed by atoms with Crippen LogP contribution in [-0.2, 0) is 0 Å². The molecule has 0 spiro atoms. The highest BCUT2D eigenvalue weighted by molar-refractivity contribution is 5.38. The Bertz CT molecular complexity index is 297. The lowest BCUT2D eigenvalue weighted by molar-refractivity contribution is 0.497. The quantitative estimate of drug-likeness (QED) is 0.778. The molecule has 3 nitrogen and oxygen atoms in total. The van der Waals surface area contributed by atoms with Crippen LogP contribution < -0.4 is 11.1 Å². The maximum atomic E-state index is 5.59. The van der Waals surface area contributed by atoms with E-state index in [0.717, 1.165) is 12.2 Å². The summed E-state index contributed by atoms with van der Waals surface area (Å²) in [4.78, 5) is 4.29. The van der Waals surface area contributed by atoms with Gasteiger partial charge in [-0.3, -0.25) is 0 Å². The average molecular weight is 207 g/mol. The molecule has 0 amide bonds. The van der Waals surface area contributed by atoms with Gasteiger partial charge in [-0.25, -0.2) is 4.98 Å². The van der Waals surface area contributed by atoms with Crippen LogP contribution in [0.5, 0.6) is 0 Å². The minimum absolute atomic E-state index is 0.407. The fraction of sp³-hybridized carbons (Fsp3) is 0.583. The second-order valence-electron chi connectivity index (χ2n) is 4.29. The third-order valence-electron chi connectivity index (χ3n) is 2.53. The fourth-order valence-corrected chi connectivity index (χ4v) is 1.56. The summed E-state index contributed by atoms with van der Waals surface area (Å²) in [5.74, 6) is 1.51. The molecule has 1 rings (SSSR count). The average Bonchev–Trinajstić information content (AvgIpc) is 2.17. The van der Waals surface area contributed by atoms with Gasteiger partial charge in [-0.15, -0.1) is 0 Å². The Hall–Kier alpha value is -1.09. The molecule has 1 atom stereocenters. The predicted molar refractivity (Wildman–Crippen MR) is 64.9 cm³/mol. The van der Waals surface area contributed by atoms with Gasteiger partial charge in [0.1, 0.15) is 5.82 Å². The van der Waals surface area contributed by atoms with E-state index in [2.05, 4.69) is 37.1 Å². The van der Waals surface area contributed by atoms with Crippen LogP contribution in [0.3, 0.4) is 0 Å². The summed E-state index contributed by atoms with van der Waals surface area (Å²) in [6.45, 7) is 7.17. The first kappa shape index (κ1) is 12.0. The van der Waals surface area contributed by atoms with E-state index in [1.807, 2.05) is 12.3 Å². The van der Waals surface area contributed by atoms with E-state index >= 15 is 0 Å². The lowest BCUT2D eigenvalue weighted by atomic mass is 10.0. The molecule has 1 heterocycles. The second kappa shape index (κ2) is 5.71. The number of anilines is 1. The number of pyridine rings is 1. The number of hydrogen-bond donors (Lipinski definition) is 2. The van der Waals surface area contributed by atoms with Crippen LogP contribution in [0, 0.1) is 12.8 Å². The van der Waals surface area contributed by atoms with Gasteiger partial charge in [0.05, 0.1) is 0 Å². The van der Waals surface area contributed by atoms with E-state index in [1.54, 1.807) is 0 Å². The van der Waals surface area contributed by atoms with E-state index in [0.29, 0.717) is 18.5 Å². The molecular formula is C12H21N3. The van der Waals surface area contributed by atoms with Gasteiger partial charge >= 0.3 is 0 Å². The van der Waals surface area contributed by atoms with Crippen molar-refractivity contribution in [1.29, 1.82) is 0 Å². The van der Waals surface area contributed by atoms with Gasteiger partial charge in [0.2, 0.25) is 0 Å². The zero-order valence-corrected chi connectivity index (χ0v) is 9.83. The molecule has 0 fully saturated rings. The summed E-state index contributed by atoms with van der Waals surface area (Å²) in [6.07, 6.45) is 2.81. The van der Waals surface area contributed by atoms with E-state index in [9.17, 15) is 0 Å². The third-order valence-corrected chi connectivity index (χ3v) is 2.53. The van der Waals surface area contributed by atoms with Crippen LogP contribution in [0.2, 0.25) is 0 Å². The van der Waals surface area contributed by atoms with E-state index in [4.69, 9.17) is 5.73 Å². The van der Waals surface area contributed by atoms with Gasteiger partial charge in [0.25, 0.3) is 0 Å². The molecule has 0 aromatic carbocycles. The molecule has 3 N–H and O–H groups in total. The van der Waals surface area contributed by atoms with Crippen LogP contribution >= 0.6 is 0 Å².